The molecular weight excluding hydrogens is 366 g/mol. The zero-order valence-corrected chi connectivity index (χ0v) is 16.3. The molecule has 7 heteroatoms. The van der Waals surface area contributed by atoms with Gasteiger partial charge in [0.1, 0.15) is 6.61 Å². The summed E-state index contributed by atoms with van der Waals surface area (Å²) in [5, 5.41) is 4.68. The number of carbonyl (C=O) groups excluding carboxylic acids is 2. The van der Waals surface area contributed by atoms with Crippen molar-refractivity contribution in [2.24, 2.45) is 0 Å². The molecule has 0 aliphatic carbocycles. The van der Waals surface area contributed by atoms with Crippen molar-refractivity contribution in [1.29, 1.82) is 0 Å². The predicted octanol–water partition coefficient (Wildman–Crippen LogP) is 4.00. The maximum Gasteiger partial charge on any atom is 0.411 e. The van der Waals surface area contributed by atoms with Crippen molar-refractivity contribution in [1.82, 2.24) is 10.4 Å². The van der Waals surface area contributed by atoms with Crippen LogP contribution in [0.4, 0.5) is 10.5 Å². The highest BCUT2D eigenvalue weighted by molar-refractivity contribution is 6.31. The summed E-state index contributed by atoms with van der Waals surface area (Å²) in [5.41, 5.74) is 5.73. The molecule has 0 fully saturated rings. The first-order valence-electron chi connectivity index (χ1n) is 8.77. The number of rotatable bonds is 8. The molecule has 0 saturated carbocycles. The van der Waals surface area contributed by atoms with Crippen molar-refractivity contribution >= 4 is 29.3 Å². The van der Waals surface area contributed by atoms with Gasteiger partial charge < -0.3 is 4.74 Å². The third-order valence-electron chi connectivity index (χ3n) is 3.95. The van der Waals surface area contributed by atoms with E-state index in [4.69, 9.17) is 16.3 Å². The first kappa shape index (κ1) is 20.7. The smallest absolute Gasteiger partial charge is 0.411 e. The van der Waals surface area contributed by atoms with Gasteiger partial charge in [0.15, 0.2) is 0 Å². The highest BCUT2D eigenvalue weighted by atomic mass is 35.5. The summed E-state index contributed by atoms with van der Waals surface area (Å²) in [6.45, 7) is 4.19. The predicted molar refractivity (Wildman–Crippen MR) is 106 cm³/mol. The van der Waals surface area contributed by atoms with Gasteiger partial charge >= 0.3 is 6.09 Å². The first-order valence-corrected chi connectivity index (χ1v) is 9.15. The molecule has 0 heterocycles. The Kier molecular flexibility index (Phi) is 8.10. The number of hydrazine groups is 1. The molecule has 0 atom stereocenters. The molecule has 2 amide bonds. The van der Waals surface area contributed by atoms with Gasteiger partial charge in [-0.15, -0.1) is 0 Å². The van der Waals surface area contributed by atoms with E-state index in [0.717, 1.165) is 12.0 Å². The fraction of sp³-hybridized carbons (Fsp3) is 0.300. The van der Waals surface area contributed by atoms with Crippen molar-refractivity contribution < 1.29 is 14.3 Å². The van der Waals surface area contributed by atoms with Crippen LogP contribution in [0.25, 0.3) is 0 Å². The van der Waals surface area contributed by atoms with E-state index in [1.807, 2.05) is 42.5 Å². The van der Waals surface area contributed by atoms with Crippen LogP contribution in [0.15, 0.2) is 48.5 Å². The molecule has 2 aromatic rings. The number of hydrogen-bond acceptors (Lipinski definition) is 4. The summed E-state index contributed by atoms with van der Waals surface area (Å²) >= 11 is 6.11. The number of carbonyl (C=O) groups is 2. The van der Waals surface area contributed by atoms with Crippen LogP contribution < -0.4 is 10.7 Å². The van der Waals surface area contributed by atoms with E-state index in [2.05, 4.69) is 17.7 Å². The monoisotopic (exact) mass is 389 g/mol. The van der Waals surface area contributed by atoms with Gasteiger partial charge in [-0.05, 0) is 35.7 Å². The lowest BCUT2D eigenvalue weighted by Crippen LogP contribution is -2.43. The molecule has 6 nitrogen and oxygen atoms in total. The number of amides is 2. The molecule has 2 rings (SSSR count). The molecule has 0 unspecified atom stereocenters. The minimum atomic E-state index is -0.561. The molecule has 0 aliphatic rings. The summed E-state index contributed by atoms with van der Waals surface area (Å²) in [7, 11) is 0. The second-order valence-corrected chi connectivity index (χ2v) is 6.32. The maximum atomic E-state index is 11.9. The Hall–Kier alpha value is -2.57. The number of hydrogen-bond donors (Lipinski definition) is 2. The van der Waals surface area contributed by atoms with Crippen molar-refractivity contribution in [2.45, 2.75) is 26.8 Å². The van der Waals surface area contributed by atoms with Crippen molar-refractivity contribution in [3.05, 3.63) is 64.7 Å². The number of anilines is 1. The molecule has 2 aromatic carbocycles. The van der Waals surface area contributed by atoms with Crippen LogP contribution in [0, 0.1) is 0 Å². The van der Waals surface area contributed by atoms with Gasteiger partial charge in [0, 0.05) is 24.2 Å². The van der Waals surface area contributed by atoms with Crippen LogP contribution in [0.2, 0.25) is 5.02 Å². The molecule has 0 aromatic heterocycles. The summed E-state index contributed by atoms with van der Waals surface area (Å²) < 4.78 is 5.15. The highest BCUT2D eigenvalue weighted by Crippen LogP contribution is 2.14. The number of aryl methyl sites for hydroxylation is 1. The summed E-state index contributed by atoms with van der Waals surface area (Å²) in [4.78, 5) is 23.6. The average Bonchev–Trinajstić information content (AvgIpc) is 2.66. The average molecular weight is 390 g/mol. The Morgan fingerprint density at radius 2 is 1.81 bits per heavy atom. The van der Waals surface area contributed by atoms with E-state index in [-0.39, 0.29) is 19.1 Å². The molecule has 0 bridgehead atoms. The number of halogens is 1. The second kappa shape index (κ2) is 10.5. The lowest BCUT2D eigenvalue weighted by molar-refractivity contribution is -0.132. The summed E-state index contributed by atoms with van der Waals surface area (Å²) in [6.07, 6.45) is 0.376. The summed E-state index contributed by atoms with van der Waals surface area (Å²) in [6, 6.07) is 14.9. The number of nitrogens with zero attached hydrogens (tertiary/aromatic N) is 1. The Balaban J connectivity index is 1.77. The zero-order chi connectivity index (χ0) is 19.6. The van der Waals surface area contributed by atoms with Crippen LogP contribution in [0.3, 0.4) is 0 Å². The van der Waals surface area contributed by atoms with E-state index in [9.17, 15) is 9.59 Å². The lowest BCUT2D eigenvalue weighted by Gasteiger charge is -2.22. The number of nitrogens with one attached hydrogen (secondary N) is 2. The number of ether oxygens (including phenoxy) is 1. The maximum absolute atomic E-state index is 11.9. The SMILES string of the molecule is CCc1ccc(NC(=O)OCCN(NCc2ccccc2Cl)C(C)=O)cc1. The fourth-order valence-electron chi connectivity index (χ4n) is 2.38. The molecule has 0 radical (unpaired) electrons. The van der Waals surface area contributed by atoms with Gasteiger partial charge in [0.05, 0.1) is 6.54 Å². The Morgan fingerprint density at radius 3 is 2.44 bits per heavy atom. The van der Waals surface area contributed by atoms with E-state index >= 15 is 0 Å². The molecule has 2 N–H and O–H groups in total. The Labute approximate surface area is 164 Å². The first-order chi connectivity index (χ1) is 13.0. The van der Waals surface area contributed by atoms with Crippen molar-refractivity contribution in [2.75, 3.05) is 18.5 Å². The molecule has 0 saturated heterocycles. The van der Waals surface area contributed by atoms with Gasteiger partial charge in [-0.1, -0.05) is 48.9 Å². The quantitative estimate of drug-likeness (QED) is 0.669. The second-order valence-electron chi connectivity index (χ2n) is 5.91. The Bertz CT molecular complexity index is 765. The van der Waals surface area contributed by atoms with E-state index in [0.29, 0.717) is 17.3 Å². The topological polar surface area (TPSA) is 70.7 Å². The van der Waals surface area contributed by atoms with Gasteiger partial charge in [-0.3, -0.25) is 15.1 Å². The van der Waals surface area contributed by atoms with E-state index < -0.39 is 6.09 Å². The fourth-order valence-corrected chi connectivity index (χ4v) is 2.58. The van der Waals surface area contributed by atoms with Crippen LogP contribution >= 0.6 is 11.6 Å². The van der Waals surface area contributed by atoms with Crippen LogP contribution in [0.1, 0.15) is 25.0 Å². The molecule has 0 spiro atoms. The van der Waals surface area contributed by atoms with E-state index in [1.165, 1.54) is 17.5 Å². The van der Waals surface area contributed by atoms with Gasteiger partial charge in [0.25, 0.3) is 0 Å². The van der Waals surface area contributed by atoms with Crippen molar-refractivity contribution in [3.8, 4) is 0 Å². The standard InChI is InChI=1S/C20H24ClN3O3/c1-3-16-8-10-18(11-9-16)23-20(26)27-13-12-24(15(2)25)22-14-17-6-4-5-7-19(17)21/h4-11,22H,3,12-14H2,1-2H3,(H,23,26). The normalized spacial score (nSPS) is 10.3. The van der Waals surface area contributed by atoms with Gasteiger partial charge in [-0.25, -0.2) is 10.2 Å². The van der Waals surface area contributed by atoms with Crippen LogP contribution in [-0.2, 0) is 22.5 Å². The summed E-state index contributed by atoms with van der Waals surface area (Å²) in [5.74, 6) is -0.179. The van der Waals surface area contributed by atoms with Crippen molar-refractivity contribution in [3.63, 3.8) is 0 Å². The minimum absolute atomic E-state index is 0.0635. The van der Waals surface area contributed by atoms with Crippen LogP contribution in [0.5, 0.6) is 0 Å². The molecular formula is C20H24ClN3O3. The highest BCUT2D eigenvalue weighted by Gasteiger charge is 2.11. The largest absolute Gasteiger partial charge is 0.447 e. The lowest BCUT2D eigenvalue weighted by atomic mass is 10.1. The number of benzene rings is 2. The van der Waals surface area contributed by atoms with Crippen LogP contribution in [-0.4, -0.2) is 30.2 Å². The zero-order valence-electron chi connectivity index (χ0n) is 15.5. The Morgan fingerprint density at radius 1 is 1.11 bits per heavy atom. The van der Waals surface area contributed by atoms with Gasteiger partial charge in [0.2, 0.25) is 5.91 Å². The third-order valence-corrected chi connectivity index (χ3v) is 4.32. The molecule has 144 valence electrons. The molecule has 0 aliphatic heterocycles. The van der Waals surface area contributed by atoms with Gasteiger partial charge in [-0.2, -0.15) is 0 Å². The third kappa shape index (κ3) is 6.92. The van der Waals surface area contributed by atoms with E-state index in [1.54, 1.807) is 6.07 Å². The minimum Gasteiger partial charge on any atom is -0.447 e. The molecule has 27 heavy (non-hydrogen) atoms.